The Morgan fingerprint density at radius 1 is 1.38 bits per heavy atom. The molecule has 1 N–H and O–H groups in total. The van der Waals surface area contributed by atoms with E-state index >= 15 is 0 Å². The van der Waals surface area contributed by atoms with Crippen molar-refractivity contribution >= 4 is 5.97 Å². The Balaban J connectivity index is 3.46. The summed E-state index contributed by atoms with van der Waals surface area (Å²) in [5.41, 5.74) is -0.661. The summed E-state index contributed by atoms with van der Waals surface area (Å²) >= 11 is 0. The molecule has 0 aliphatic heterocycles. The minimum Gasteiger partial charge on any atom is -0.481 e. The van der Waals surface area contributed by atoms with Crippen LogP contribution in [0.3, 0.4) is 0 Å². The number of rotatable bonds is 7. The molecular weight excluding hydrogens is 168 g/mol. The lowest BCUT2D eigenvalue weighted by Gasteiger charge is -2.18. The van der Waals surface area contributed by atoms with Gasteiger partial charge in [-0.3, -0.25) is 4.79 Å². The number of carboxylic acids is 1. The number of aliphatic carboxylic acids is 1. The molecule has 0 fully saturated rings. The highest BCUT2D eigenvalue weighted by molar-refractivity contribution is 5.73. The van der Waals surface area contributed by atoms with E-state index in [9.17, 15) is 4.79 Å². The van der Waals surface area contributed by atoms with Gasteiger partial charge in [0.25, 0.3) is 0 Å². The van der Waals surface area contributed by atoms with Gasteiger partial charge in [-0.1, -0.05) is 13.3 Å². The van der Waals surface area contributed by atoms with Crippen molar-refractivity contribution in [1.82, 2.24) is 0 Å². The second-order valence-electron chi connectivity index (χ2n) is 3.90. The molecule has 0 aliphatic carbocycles. The Morgan fingerprint density at radius 2 is 2.00 bits per heavy atom. The van der Waals surface area contributed by atoms with Crippen LogP contribution in [-0.4, -0.2) is 24.3 Å². The Labute approximate surface area is 80.1 Å². The maximum atomic E-state index is 10.7. The van der Waals surface area contributed by atoms with Gasteiger partial charge >= 0.3 is 5.97 Å². The van der Waals surface area contributed by atoms with Crippen molar-refractivity contribution in [3.05, 3.63) is 0 Å². The van der Waals surface area contributed by atoms with E-state index in [4.69, 9.17) is 9.84 Å². The van der Waals surface area contributed by atoms with Crippen LogP contribution in [0.1, 0.15) is 40.0 Å². The molecule has 0 amide bonds. The summed E-state index contributed by atoms with van der Waals surface area (Å²) in [5.74, 6) is -0.758. The second kappa shape index (κ2) is 5.97. The molecule has 0 aromatic carbocycles. The Hall–Kier alpha value is -0.570. The monoisotopic (exact) mass is 188 g/mol. The molecule has 0 saturated carbocycles. The first-order valence-electron chi connectivity index (χ1n) is 4.82. The predicted octanol–water partition coefficient (Wildman–Crippen LogP) is 2.30. The number of carboxylic acid groups (broad SMARTS) is 1. The molecule has 0 radical (unpaired) electrons. The summed E-state index contributed by atoms with van der Waals surface area (Å²) in [6.07, 6.45) is 2.74. The molecule has 0 spiro atoms. The molecule has 0 rings (SSSR count). The SMILES string of the molecule is CCCCOCCC(C)(C)C(=O)O. The lowest BCUT2D eigenvalue weighted by atomic mass is 9.90. The van der Waals surface area contributed by atoms with Crippen molar-refractivity contribution in [3.63, 3.8) is 0 Å². The van der Waals surface area contributed by atoms with Gasteiger partial charge in [-0.2, -0.15) is 0 Å². The summed E-state index contributed by atoms with van der Waals surface area (Å²) < 4.78 is 5.30. The molecule has 0 atom stereocenters. The molecule has 0 bridgehead atoms. The van der Waals surface area contributed by atoms with Crippen molar-refractivity contribution in [2.24, 2.45) is 5.41 Å². The van der Waals surface area contributed by atoms with Crippen LogP contribution in [0.25, 0.3) is 0 Å². The summed E-state index contributed by atoms with van der Waals surface area (Å²) in [4.78, 5) is 10.7. The normalized spacial score (nSPS) is 11.6. The second-order valence-corrected chi connectivity index (χ2v) is 3.90. The van der Waals surface area contributed by atoms with Gasteiger partial charge in [-0.15, -0.1) is 0 Å². The van der Waals surface area contributed by atoms with E-state index in [1.54, 1.807) is 13.8 Å². The number of hydrogen-bond donors (Lipinski definition) is 1. The third kappa shape index (κ3) is 5.64. The van der Waals surface area contributed by atoms with Crippen LogP contribution in [0, 0.1) is 5.41 Å². The smallest absolute Gasteiger partial charge is 0.309 e. The van der Waals surface area contributed by atoms with Crippen molar-refractivity contribution in [3.8, 4) is 0 Å². The average molecular weight is 188 g/mol. The molecule has 0 saturated heterocycles. The van der Waals surface area contributed by atoms with Gasteiger partial charge in [-0.05, 0) is 26.7 Å². The quantitative estimate of drug-likeness (QED) is 0.623. The lowest BCUT2D eigenvalue weighted by molar-refractivity contribution is -0.148. The van der Waals surface area contributed by atoms with Crippen LogP contribution in [0.2, 0.25) is 0 Å². The summed E-state index contributed by atoms with van der Waals surface area (Å²) in [7, 11) is 0. The van der Waals surface area contributed by atoms with E-state index in [-0.39, 0.29) is 0 Å². The molecule has 3 nitrogen and oxygen atoms in total. The van der Waals surface area contributed by atoms with Crippen molar-refractivity contribution < 1.29 is 14.6 Å². The highest BCUT2D eigenvalue weighted by Gasteiger charge is 2.26. The first-order chi connectivity index (χ1) is 6.00. The predicted molar refractivity (Wildman–Crippen MR) is 51.8 cm³/mol. The fraction of sp³-hybridized carbons (Fsp3) is 0.900. The molecule has 0 aliphatic rings. The molecule has 78 valence electrons. The topological polar surface area (TPSA) is 46.5 Å². The van der Waals surface area contributed by atoms with Gasteiger partial charge < -0.3 is 9.84 Å². The van der Waals surface area contributed by atoms with Crippen LogP contribution in [-0.2, 0) is 9.53 Å². The van der Waals surface area contributed by atoms with E-state index in [1.165, 1.54) is 0 Å². The Bertz CT molecular complexity index is 152. The lowest BCUT2D eigenvalue weighted by Crippen LogP contribution is -2.25. The molecule has 0 aromatic heterocycles. The molecule has 0 aromatic rings. The third-order valence-electron chi connectivity index (χ3n) is 2.09. The Morgan fingerprint density at radius 3 is 2.46 bits per heavy atom. The van der Waals surface area contributed by atoms with Gasteiger partial charge in [0.2, 0.25) is 0 Å². The number of unbranched alkanes of at least 4 members (excludes halogenated alkanes) is 1. The van der Waals surface area contributed by atoms with Crippen LogP contribution in [0.4, 0.5) is 0 Å². The van der Waals surface area contributed by atoms with Crippen molar-refractivity contribution in [1.29, 1.82) is 0 Å². The van der Waals surface area contributed by atoms with Crippen LogP contribution in [0.15, 0.2) is 0 Å². The first kappa shape index (κ1) is 12.4. The van der Waals surface area contributed by atoms with Crippen LogP contribution >= 0.6 is 0 Å². The molecule has 0 heterocycles. The maximum absolute atomic E-state index is 10.7. The fourth-order valence-corrected chi connectivity index (χ4v) is 0.783. The zero-order valence-corrected chi connectivity index (χ0v) is 8.80. The maximum Gasteiger partial charge on any atom is 0.309 e. The zero-order chi connectivity index (χ0) is 10.3. The van der Waals surface area contributed by atoms with E-state index in [0.29, 0.717) is 13.0 Å². The van der Waals surface area contributed by atoms with Gasteiger partial charge in [0.05, 0.1) is 5.41 Å². The van der Waals surface area contributed by atoms with Crippen LogP contribution in [0.5, 0.6) is 0 Å². The van der Waals surface area contributed by atoms with Crippen molar-refractivity contribution in [2.75, 3.05) is 13.2 Å². The average Bonchev–Trinajstić information content (AvgIpc) is 2.03. The van der Waals surface area contributed by atoms with E-state index in [2.05, 4.69) is 6.92 Å². The van der Waals surface area contributed by atoms with Gasteiger partial charge in [0.1, 0.15) is 0 Å². The van der Waals surface area contributed by atoms with Crippen LogP contribution < -0.4 is 0 Å². The number of hydrogen-bond acceptors (Lipinski definition) is 2. The van der Waals surface area contributed by atoms with Gasteiger partial charge in [0.15, 0.2) is 0 Å². The van der Waals surface area contributed by atoms with E-state index < -0.39 is 11.4 Å². The van der Waals surface area contributed by atoms with Gasteiger partial charge in [0, 0.05) is 13.2 Å². The van der Waals surface area contributed by atoms with Gasteiger partial charge in [-0.25, -0.2) is 0 Å². The number of carbonyl (C=O) groups is 1. The molecular formula is C10H20O3. The van der Waals surface area contributed by atoms with Crippen molar-refractivity contribution in [2.45, 2.75) is 40.0 Å². The third-order valence-corrected chi connectivity index (χ3v) is 2.09. The summed E-state index contributed by atoms with van der Waals surface area (Å²) in [6.45, 7) is 6.83. The van der Waals surface area contributed by atoms with E-state index in [0.717, 1.165) is 19.4 Å². The highest BCUT2D eigenvalue weighted by Crippen LogP contribution is 2.19. The molecule has 3 heteroatoms. The minimum absolute atomic E-state index is 0.541. The molecule has 0 unspecified atom stereocenters. The minimum atomic E-state index is -0.758. The number of ether oxygens (including phenoxy) is 1. The standard InChI is InChI=1S/C10H20O3/c1-4-5-7-13-8-6-10(2,3)9(11)12/h4-8H2,1-3H3,(H,11,12). The highest BCUT2D eigenvalue weighted by atomic mass is 16.5. The zero-order valence-electron chi connectivity index (χ0n) is 8.80. The van der Waals surface area contributed by atoms with E-state index in [1.807, 2.05) is 0 Å². The fourth-order valence-electron chi connectivity index (χ4n) is 0.783. The largest absolute Gasteiger partial charge is 0.481 e. The Kier molecular flexibility index (Phi) is 5.71. The summed E-state index contributed by atoms with van der Waals surface area (Å²) in [5, 5.41) is 8.79. The first-order valence-corrected chi connectivity index (χ1v) is 4.82. The molecule has 13 heavy (non-hydrogen) atoms. The summed E-state index contributed by atoms with van der Waals surface area (Å²) in [6, 6.07) is 0.